The molecule has 2 aromatic heterocycles. The van der Waals surface area contributed by atoms with Crippen molar-refractivity contribution >= 4 is 5.82 Å². The predicted molar refractivity (Wildman–Crippen MR) is 74.1 cm³/mol. The van der Waals surface area contributed by atoms with Gasteiger partial charge < -0.3 is 11.1 Å². The van der Waals surface area contributed by atoms with Crippen molar-refractivity contribution in [3.05, 3.63) is 47.2 Å². The number of aromatic nitrogens is 3. The Kier molecular flexibility index (Phi) is 3.69. The molecule has 0 fully saturated rings. The van der Waals surface area contributed by atoms with Gasteiger partial charge in [0.25, 0.3) is 0 Å². The molecule has 2 aromatic rings. The topological polar surface area (TPSA) is 76.7 Å². The van der Waals surface area contributed by atoms with Gasteiger partial charge >= 0.3 is 6.18 Å². The average molecular weight is 309 g/mol. The molecule has 5 nitrogen and oxygen atoms in total. The van der Waals surface area contributed by atoms with Gasteiger partial charge in [0, 0.05) is 42.9 Å². The Hall–Kier alpha value is -2.22. The highest BCUT2D eigenvalue weighted by Crippen LogP contribution is 2.34. The normalized spacial score (nSPS) is 18.6. The van der Waals surface area contributed by atoms with Crippen LogP contribution >= 0.6 is 0 Å². The van der Waals surface area contributed by atoms with Gasteiger partial charge in [-0.1, -0.05) is 6.07 Å². The Morgan fingerprint density at radius 2 is 2.05 bits per heavy atom. The third-order valence-electron chi connectivity index (χ3n) is 3.59. The fourth-order valence-electron chi connectivity index (χ4n) is 2.62. The molecule has 3 N–H and O–H groups in total. The average Bonchev–Trinajstić information content (AvgIpc) is 2.70. The number of fused-ring (bicyclic) bond motifs is 1. The summed E-state index contributed by atoms with van der Waals surface area (Å²) >= 11 is 0. The largest absolute Gasteiger partial charge is 0.451 e. The lowest BCUT2D eigenvalue weighted by Gasteiger charge is -2.19. The molecule has 3 rings (SSSR count). The van der Waals surface area contributed by atoms with Crippen LogP contribution < -0.4 is 11.1 Å². The minimum Gasteiger partial charge on any atom is -0.383 e. The number of rotatable bonds is 1. The van der Waals surface area contributed by atoms with Gasteiger partial charge in [-0.05, 0) is 12.1 Å². The van der Waals surface area contributed by atoms with E-state index in [1.54, 1.807) is 12.3 Å². The number of nitrogens with one attached hydrogen (secondary N) is 1. The van der Waals surface area contributed by atoms with Crippen LogP contribution in [0.5, 0.6) is 0 Å². The lowest BCUT2D eigenvalue weighted by molar-refractivity contribution is -0.145. The molecule has 22 heavy (non-hydrogen) atoms. The zero-order valence-electron chi connectivity index (χ0n) is 11.6. The van der Waals surface area contributed by atoms with Crippen LogP contribution in [0.2, 0.25) is 0 Å². The molecule has 0 aromatic carbocycles. The van der Waals surface area contributed by atoms with Gasteiger partial charge in [-0.25, -0.2) is 9.97 Å². The zero-order chi connectivity index (χ0) is 15.7. The van der Waals surface area contributed by atoms with Crippen molar-refractivity contribution in [2.75, 3.05) is 18.8 Å². The van der Waals surface area contributed by atoms with Crippen LogP contribution in [0.15, 0.2) is 24.4 Å². The number of nitrogens with zero attached hydrogens (tertiary/aromatic N) is 3. The molecule has 1 unspecified atom stereocenters. The van der Waals surface area contributed by atoms with Crippen molar-refractivity contribution in [1.29, 1.82) is 0 Å². The Bertz CT molecular complexity index is 672. The number of alkyl halides is 3. The summed E-state index contributed by atoms with van der Waals surface area (Å²) in [6.07, 6.45) is -2.60. The van der Waals surface area contributed by atoms with Crippen molar-refractivity contribution in [1.82, 2.24) is 20.3 Å². The summed E-state index contributed by atoms with van der Waals surface area (Å²) in [6, 6.07) is 5.42. The lowest BCUT2D eigenvalue weighted by Crippen LogP contribution is -2.22. The van der Waals surface area contributed by atoms with Crippen molar-refractivity contribution < 1.29 is 13.2 Å². The first-order chi connectivity index (χ1) is 10.5. The number of anilines is 1. The van der Waals surface area contributed by atoms with Gasteiger partial charge in [-0.15, -0.1) is 0 Å². The predicted octanol–water partition coefficient (Wildman–Crippen LogP) is 1.75. The maximum Gasteiger partial charge on any atom is 0.451 e. The second kappa shape index (κ2) is 5.53. The molecule has 1 atom stereocenters. The number of halogens is 3. The summed E-state index contributed by atoms with van der Waals surface area (Å²) in [5.41, 5.74) is 7.43. The molecule has 116 valence electrons. The van der Waals surface area contributed by atoms with E-state index >= 15 is 0 Å². The van der Waals surface area contributed by atoms with Crippen molar-refractivity contribution in [3.63, 3.8) is 0 Å². The minimum atomic E-state index is -4.61. The third-order valence-corrected chi connectivity index (χ3v) is 3.59. The van der Waals surface area contributed by atoms with E-state index in [-0.39, 0.29) is 11.7 Å². The fourth-order valence-corrected chi connectivity index (χ4v) is 2.62. The van der Waals surface area contributed by atoms with Gasteiger partial charge in [0.15, 0.2) is 0 Å². The standard InChI is InChI=1S/C14H14F3N5/c15-14(16,17)13-21-10-4-6-19-7-8(11(10)12(18)22-13)9-3-1-2-5-20-9/h1-3,5,8,19H,4,6-7H2,(H2,18,21,22). The van der Waals surface area contributed by atoms with E-state index in [4.69, 9.17) is 5.73 Å². The molecular formula is C14H14F3N5. The number of pyridine rings is 1. The molecule has 1 aliphatic heterocycles. The molecule has 0 saturated carbocycles. The number of nitrogens with two attached hydrogens (primary N) is 1. The summed E-state index contributed by atoms with van der Waals surface area (Å²) in [5, 5.41) is 3.18. The molecule has 3 heterocycles. The van der Waals surface area contributed by atoms with Crippen molar-refractivity contribution in [3.8, 4) is 0 Å². The highest BCUT2D eigenvalue weighted by Gasteiger charge is 2.37. The first-order valence-electron chi connectivity index (χ1n) is 6.82. The summed E-state index contributed by atoms with van der Waals surface area (Å²) in [6.45, 7) is 1.06. The third kappa shape index (κ3) is 2.74. The van der Waals surface area contributed by atoms with E-state index in [0.717, 1.165) is 5.69 Å². The second-order valence-corrected chi connectivity index (χ2v) is 5.05. The van der Waals surface area contributed by atoms with E-state index in [1.807, 2.05) is 12.1 Å². The molecule has 0 amide bonds. The van der Waals surface area contributed by atoms with Crippen LogP contribution in [0.4, 0.5) is 19.0 Å². The van der Waals surface area contributed by atoms with Gasteiger partial charge in [-0.2, -0.15) is 13.2 Å². The van der Waals surface area contributed by atoms with Crippen LogP contribution in [0.1, 0.15) is 28.7 Å². The van der Waals surface area contributed by atoms with Gasteiger partial charge in [0.1, 0.15) is 5.82 Å². The number of nitrogen functional groups attached to an aromatic ring is 1. The SMILES string of the molecule is Nc1nc(C(F)(F)F)nc2c1C(c1ccccn1)CNCC2. The summed E-state index contributed by atoms with van der Waals surface area (Å²) < 4.78 is 38.6. The van der Waals surface area contributed by atoms with Crippen LogP contribution in [0, 0.1) is 0 Å². The molecule has 0 bridgehead atoms. The maximum absolute atomic E-state index is 12.9. The monoisotopic (exact) mass is 309 g/mol. The van der Waals surface area contributed by atoms with Crippen LogP contribution in [0.3, 0.4) is 0 Å². The smallest absolute Gasteiger partial charge is 0.383 e. The second-order valence-electron chi connectivity index (χ2n) is 5.05. The molecule has 1 aliphatic rings. The van der Waals surface area contributed by atoms with Crippen LogP contribution in [-0.4, -0.2) is 28.0 Å². The zero-order valence-corrected chi connectivity index (χ0v) is 11.6. The highest BCUT2D eigenvalue weighted by molar-refractivity contribution is 5.49. The number of hydrogen-bond donors (Lipinski definition) is 2. The van der Waals surface area contributed by atoms with Crippen LogP contribution in [-0.2, 0) is 12.6 Å². The van der Waals surface area contributed by atoms with Gasteiger partial charge in [0.2, 0.25) is 5.82 Å². The summed E-state index contributed by atoms with van der Waals surface area (Å²) in [4.78, 5) is 11.4. The molecule has 0 radical (unpaired) electrons. The van der Waals surface area contributed by atoms with Crippen molar-refractivity contribution in [2.45, 2.75) is 18.5 Å². The Morgan fingerprint density at radius 3 is 2.73 bits per heavy atom. The quantitative estimate of drug-likeness (QED) is 0.839. The van der Waals surface area contributed by atoms with Gasteiger partial charge in [-0.3, -0.25) is 4.98 Å². The Morgan fingerprint density at radius 1 is 1.23 bits per heavy atom. The summed E-state index contributed by atoms with van der Waals surface area (Å²) in [5.74, 6) is -1.58. The minimum absolute atomic E-state index is 0.128. The number of hydrogen-bond acceptors (Lipinski definition) is 5. The molecule has 8 heteroatoms. The maximum atomic E-state index is 12.9. The lowest BCUT2D eigenvalue weighted by atomic mass is 9.94. The first kappa shape index (κ1) is 14.7. The van der Waals surface area contributed by atoms with E-state index in [9.17, 15) is 13.2 Å². The molecule has 0 aliphatic carbocycles. The Labute approximate surface area is 124 Å². The van der Waals surface area contributed by atoms with E-state index in [1.165, 1.54) is 0 Å². The first-order valence-corrected chi connectivity index (χ1v) is 6.82. The van der Waals surface area contributed by atoms with Gasteiger partial charge in [0.05, 0.1) is 5.69 Å². The van der Waals surface area contributed by atoms with E-state index in [2.05, 4.69) is 20.3 Å². The van der Waals surface area contributed by atoms with E-state index < -0.39 is 12.0 Å². The molecular weight excluding hydrogens is 295 g/mol. The van der Waals surface area contributed by atoms with Crippen molar-refractivity contribution in [2.24, 2.45) is 0 Å². The Balaban J connectivity index is 2.13. The summed E-state index contributed by atoms with van der Waals surface area (Å²) in [7, 11) is 0. The fraction of sp³-hybridized carbons (Fsp3) is 0.357. The highest BCUT2D eigenvalue weighted by atomic mass is 19.4. The molecule has 0 spiro atoms. The van der Waals surface area contributed by atoms with E-state index in [0.29, 0.717) is 30.8 Å². The van der Waals surface area contributed by atoms with Crippen LogP contribution in [0.25, 0.3) is 0 Å². The molecule has 0 saturated heterocycles.